The van der Waals surface area contributed by atoms with Gasteiger partial charge in [0.1, 0.15) is 5.75 Å². The van der Waals surface area contributed by atoms with Gasteiger partial charge in [0.25, 0.3) is 0 Å². The van der Waals surface area contributed by atoms with E-state index in [1.807, 2.05) is 24.3 Å². The number of aromatic hydroxyl groups is 1. The summed E-state index contributed by atoms with van der Waals surface area (Å²) < 4.78 is 0. The van der Waals surface area contributed by atoms with E-state index in [9.17, 15) is 9.90 Å². The molecule has 2 heteroatoms. The molecular weight excluding hydrogens is 236 g/mol. The van der Waals surface area contributed by atoms with Crippen molar-refractivity contribution in [2.24, 2.45) is 0 Å². The van der Waals surface area contributed by atoms with E-state index in [0.29, 0.717) is 5.56 Å². The predicted molar refractivity (Wildman–Crippen MR) is 77.5 cm³/mol. The summed E-state index contributed by atoms with van der Waals surface area (Å²) in [5.74, 6) is 0.325. The number of hydrogen-bond acceptors (Lipinski definition) is 2. The Kier molecular flexibility index (Phi) is 4.00. The van der Waals surface area contributed by atoms with E-state index < -0.39 is 0 Å². The minimum Gasteiger partial charge on any atom is -0.507 e. The van der Waals surface area contributed by atoms with Gasteiger partial charge < -0.3 is 5.11 Å². The third kappa shape index (κ3) is 3.02. The van der Waals surface area contributed by atoms with Crippen LogP contribution >= 0.6 is 0 Å². The standard InChI is InChI=1S/C17H18O2/c1-3-4-13-5-10-17(19)16(11-13)15-8-6-14(7-9-15)12(2)18/h5-11,19H,3-4H2,1-2H3. The molecule has 2 rings (SSSR count). The molecular formula is C17H18O2. The molecule has 19 heavy (non-hydrogen) atoms. The summed E-state index contributed by atoms with van der Waals surface area (Å²) in [5.41, 5.74) is 3.65. The van der Waals surface area contributed by atoms with Crippen molar-refractivity contribution in [3.8, 4) is 16.9 Å². The Morgan fingerprint density at radius 1 is 1.11 bits per heavy atom. The molecule has 0 saturated carbocycles. The highest BCUT2D eigenvalue weighted by Crippen LogP contribution is 2.30. The summed E-state index contributed by atoms with van der Waals surface area (Å²) in [5, 5.41) is 9.97. The van der Waals surface area contributed by atoms with E-state index in [1.165, 1.54) is 5.56 Å². The van der Waals surface area contributed by atoms with Gasteiger partial charge in [-0.2, -0.15) is 0 Å². The second kappa shape index (κ2) is 5.70. The number of carbonyl (C=O) groups excluding carboxylic acids is 1. The van der Waals surface area contributed by atoms with Crippen molar-refractivity contribution in [1.82, 2.24) is 0 Å². The molecule has 0 unspecified atom stereocenters. The lowest BCUT2D eigenvalue weighted by molar-refractivity contribution is 0.101. The number of hydrogen-bond donors (Lipinski definition) is 1. The van der Waals surface area contributed by atoms with Crippen LogP contribution in [0.3, 0.4) is 0 Å². The molecule has 98 valence electrons. The van der Waals surface area contributed by atoms with Gasteiger partial charge in [0.2, 0.25) is 0 Å². The van der Waals surface area contributed by atoms with Gasteiger partial charge in [0, 0.05) is 11.1 Å². The van der Waals surface area contributed by atoms with Gasteiger partial charge in [-0.25, -0.2) is 0 Å². The largest absolute Gasteiger partial charge is 0.507 e. The average molecular weight is 254 g/mol. The third-order valence-corrected chi connectivity index (χ3v) is 3.20. The van der Waals surface area contributed by atoms with Crippen molar-refractivity contribution < 1.29 is 9.90 Å². The lowest BCUT2D eigenvalue weighted by Crippen LogP contribution is -1.91. The lowest BCUT2D eigenvalue weighted by atomic mass is 9.98. The first kappa shape index (κ1) is 13.3. The number of phenols is 1. The fourth-order valence-corrected chi connectivity index (χ4v) is 2.14. The second-order valence-electron chi connectivity index (χ2n) is 4.74. The van der Waals surface area contributed by atoms with E-state index in [0.717, 1.165) is 24.0 Å². The molecule has 0 saturated heterocycles. The Morgan fingerprint density at radius 2 is 1.79 bits per heavy atom. The van der Waals surface area contributed by atoms with Crippen LogP contribution in [0.15, 0.2) is 42.5 Å². The minimum absolute atomic E-state index is 0.0514. The van der Waals surface area contributed by atoms with Crippen LogP contribution in [0, 0.1) is 0 Å². The zero-order valence-corrected chi connectivity index (χ0v) is 11.3. The van der Waals surface area contributed by atoms with Crippen LogP contribution in [-0.2, 0) is 6.42 Å². The van der Waals surface area contributed by atoms with Gasteiger partial charge in [-0.15, -0.1) is 0 Å². The van der Waals surface area contributed by atoms with Crippen molar-refractivity contribution in [1.29, 1.82) is 0 Å². The van der Waals surface area contributed by atoms with E-state index in [1.54, 1.807) is 25.1 Å². The highest BCUT2D eigenvalue weighted by atomic mass is 16.3. The number of Topliss-reactive ketones (excluding diaryl/α,β-unsaturated/α-hetero) is 1. The van der Waals surface area contributed by atoms with E-state index in [-0.39, 0.29) is 11.5 Å². The van der Waals surface area contributed by atoms with E-state index in [2.05, 4.69) is 6.92 Å². The predicted octanol–water partition coefficient (Wildman–Crippen LogP) is 4.21. The Bertz CT molecular complexity index is 583. The minimum atomic E-state index is 0.0514. The van der Waals surface area contributed by atoms with Crippen LogP contribution in [0.2, 0.25) is 0 Å². The van der Waals surface area contributed by atoms with Crippen molar-refractivity contribution in [3.05, 3.63) is 53.6 Å². The molecule has 1 N–H and O–H groups in total. The van der Waals surface area contributed by atoms with Crippen molar-refractivity contribution in [3.63, 3.8) is 0 Å². The Hall–Kier alpha value is -2.09. The lowest BCUT2D eigenvalue weighted by Gasteiger charge is -2.08. The second-order valence-corrected chi connectivity index (χ2v) is 4.74. The molecule has 2 aromatic rings. The Morgan fingerprint density at radius 3 is 2.37 bits per heavy atom. The van der Waals surface area contributed by atoms with Crippen molar-refractivity contribution in [2.75, 3.05) is 0 Å². The quantitative estimate of drug-likeness (QED) is 0.830. The van der Waals surface area contributed by atoms with Gasteiger partial charge in [-0.3, -0.25) is 4.79 Å². The molecule has 0 fully saturated rings. The summed E-state index contributed by atoms with van der Waals surface area (Å²) in [6.07, 6.45) is 2.08. The maximum atomic E-state index is 11.3. The number of aryl methyl sites for hydroxylation is 1. The Labute approximate surface area is 113 Å². The van der Waals surface area contributed by atoms with Crippen molar-refractivity contribution in [2.45, 2.75) is 26.7 Å². The molecule has 0 spiro atoms. The zero-order valence-electron chi connectivity index (χ0n) is 11.3. The topological polar surface area (TPSA) is 37.3 Å². The summed E-state index contributed by atoms with van der Waals surface area (Å²) in [6, 6.07) is 13.0. The van der Waals surface area contributed by atoms with Gasteiger partial charge >= 0.3 is 0 Å². The SMILES string of the molecule is CCCc1ccc(O)c(-c2ccc(C(C)=O)cc2)c1. The maximum absolute atomic E-state index is 11.3. The number of rotatable bonds is 4. The Balaban J connectivity index is 2.39. The van der Waals surface area contributed by atoms with E-state index >= 15 is 0 Å². The summed E-state index contributed by atoms with van der Waals surface area (Å²) >= 11 is 0. The van der Waals surface area contributed by atoms with Crippen molar-refractivity contribution >= 4 is 5.78 Å². The van der Waals surface area contributed by atoms with Crippen LogP contribution in [0.4, 0.5) is 0 Å². The zero-order chi connectivity index (χ0) is 13.8. The molecule has 2 aromatic carbocycles. The smallest absolute Gasteiger partial charge is 0.159 e. The number of ketones is 1. The number of benzene rings is 2. The first-order valence-corrected chi connectivity index (χ1v) is 6.55. The fraction of sp³-hybridized carbons (Fsp3) is 0.235. The molecule has 0 aliphatic rings. The summed E-state index contributed by atoms with van der Waals surface area (Å²) in [7, 11) is 0. The fourth-order valence-electron chi connectivity index (χ4n) is 2.14. The number of carbonyl (C=O) groups is 1. The first-order valence-electron chi connectivity index (χ1n) is 6.55. The van der Waals surface area contributed by atoms with Gasteiger partial charge in [-0.1, -0.05) is 43.7 Å². The summed E-state index contributed by atoms with van der Waals surface area (Å²) in [4.78, 5) is 11.3. The van der Waals surface area contributed by atoms with Crippen LogP contribution < -0.4 is 0 Å². The molecule has 0 amide bonds. The highest BCUT2D eigenvalue weighted by molar-refractivity contribution is 5.94. The van der Waals surface area contributed by atoms with E-state index in [4.69, 9.17) is 0 Å². The molecule has 0 aliphatic carbocycles. The first-order chi connectivity index (χ1) is 9.11. The number of phenolic OH excluding ortho intramolecular Hbond substituents is 1. The average Bonchev–Trinajstić information content (AvgIpc) is 2.41. The van der Waals surface area contributed by atoms with Gasteiger partial charge in [-0.05, 0) is 36.6 Å². The molecule has 2 nitrogen and oxygen atoms in total. The monoisotopic (exact) mass is 254 g/mol. The molecule has 0 heterocycles. The molecule has 0 bridgehead atoms. The summed E-state index contributed by atoms with van der Waals surface area (Å²) in [6.45, 7) is 3.68. The van der Waals surface area contributed by atoms with Gasteiger partial charge in [0.15, 0.2) is 5.78 Å². The third-order valence-electron chi connectivity index (χ3n) is 3.20. The van der Waals surface area contributed by atoms with Gasteiger partial charge in [0.05, 0.1) is 0 Å². The molecule has 0 aliphatic heterocycles. The van der Waals surface area contributed by atoms with Crippen LogP contribution in [0.5, 0.6) is 5.75 Å². The van der Waals surface area contributed by atoms with Crippen LogP contribution in [0.25, 0.3) is 11.1 Å². The molecule has 0 aromatic heterocycles. The maximum Gasteiger partial charge on any atom is 0.159 e. The van der Waals surface area contributed by atoms with Crippen LogP contribution in [-0.4, -0.2) is 10.9 Å². The molecule has 0 radical (unpaired) electrons. The van der Waals surface area contributed by atoms with Crippen LogP contribution in [0.1, 0.15) is 36.2 Å². The molecule has 0 atom stereocenters. The normalized spacial score (nSPS) is 10.4. The highest BCUT2D eigenvalue weighted by Gasteiger charge is 2.06.